The van der Waals surface area contributed by atoms with Gasteiger partial charge in [0.2, 0.25) is 4.80 Å². The number of nitrogens with zero attached hydrogens (tertiary/aromatic N) is 3. The van der Waals surface area contributed by atoms with Crippen LogP contribution in [-0.4, -0.2) is 36.8 Å². The van der Waals surface area contributed by atoms with Gasteiger partial charge in [-0.15, -0.1) is 11.3 Å². The Bertz CT molecular complexity index is 1120. The summed E-state index contributed by atoms with van der Waals surface area (Å²) in [6.45, 7) is -1.75. The normalized spacial score (nSPS) is 17.2. The van der Waals surface area contributed by atoms with Crippen molar-refractivity contribution in [1.29, 1.82) is 0 Å². The Morgan fingerprint density at radius 2 is 2.00 bits per heavy atom. The number of thiazole rings is 1. The molecule has 4 rings (SSSR count). The molecule has 0 saturated carbocycles. The molecule has 1 aliphatic rings. The van der Waals surface area contributed by atoms with Gasteiger partial charge in [-0.3, -0.25) is 4.99 Å². The minimum absolute atomic E-state index is 0.00219. The molecule has 1 aliphatic heterocycles. The number of halogens is 3. The lowest BCUT2D eigenvalue weighted by molar-refractivity contribution is -0.0499. The monoisotopic (exact) mass is 447 g/mol. The van der Waals surface area contributed by atoms with Crippen molar-refractivity contribution in [2.24, 2.45) is 10.1 Å². The Morgan fingerprint density at radius 1 is 1.19 bits per heavy atom. The van der Waals surface area contributed by atoms with E-state index in [1.165, 1.54) is 34.4 Å². The zero-order chi connectivity index (χ0) is 21.6. The van der Waals surface area contributed by atoms with E-state index in [-0.39, 0.29) is 11.9 Å². The first kappa shape index (κ1) is 21.3. The summed E-state index contributed by atoms with van der Waals surface area (Å²) in [7, 11) is 0. The molecule has 9 heteroatoms. The molecule has 31 heavy (non-hydrogen) atoms. The molecule has 2 heterocycles. The molecule has 0 spiro atoms. The van der Waals surface area contributed by atoms with E-state index < -0.39 is 12.4 Å². The van der Waals surface area contributed by atoms with E-state index in [9.17, 15) is 13.2 Å². The molecule has 1 saturated heterocycles. The molecule has 1 atom stereocenters. The maximum atomic E-state index is 14.5. The molecule has 3 aromatic rings. The van der Waals surface area contributed by atoms with E-state index in [1.54, 1.807) is 41.8 Å². The van der Waals surface area contributed by atoms with Gasteiger partial charge >= 0.3 is 6.61 Å². The second-order valence-corrected chi connectivity index (χ2v) is 7.67. The summed E-state index contributed by atoms with van der Waals surface area (Å²) in [6.07, 6.45) is 3.40. The Labute approximate surface area is 181 Å². The third-order valence-electron chi connectivity index (χ3n) is 4.74. The number of benzene rings is 2. The van der Waals surface area contributed by atoms with Crippen molar-refractivity contribution in [3.63, 3.8) is 0 Å². The molecular formula is C22H20F3N3O2S. The second-order valence-electron chi connectivity index (χ2n) is 6.83. The molecule has 0 bridgehead atoms. The van der Waals surface area contributed by atoms with Crippen LogP contribution >= 0.6 is 11.3 Å². The van der Waals surface area contributed by atoms with E-state index in [2.05, 4.69) is 14.8 Å². The van der Waals surface area contributed by atoms with Crippen molar-refractivity contribution >= 4 is 17.6 Å². The Morgan fingerprint density at radius 3 is 2.77 bits per heavy atom. The number of aromatic nitrogens is 1. The maximum absolute atomic E-state index is 14.5. The van der Waals surface area contributed by atoms with Gasteiger partial charge in [0.1, 0.15) is 11.6 Å². The summed E-state index contributed by atoms with van der Waals surface area (Å²) >= 11 is 1.32. The lowest BCUT2D eigenvalue weighted by atomic mass is 10.1. The maximum Gasteiger partial charge on any atom is 0.387 e. The van der Waals surface area contributed by atoms with Gasteiger partial charge in [-0.25, -0.2) is 9.07 Å². The summed E-state index contributed by atoms with van der Waals surface area (Å²) < 4.78 is 51.6. The van der Waals surface area contributed by atoms with Crippen LogP contribution in [0.3, 0.4) is 0 Å². The van der Waals surface area contributed by atoms with E-state index in [0.29, 0.717) is 28.2 Å². The van der Waals surface area contributed by atoms with Crippen LogP contribution in [0.5, 0.6) is 5.75 Å². The molecule has 0 radical (unpaired) electrons. The smallest absolute Gasteiger partial charge is 0.387 e. The zero-order valence-electron chi connectivity index (χ0n) is 16.5. The minimum Gasteiger partial charge on any atom is -0.434 e. The van der Waals surface area contributed by atoms with Gasteiger partial charge in [0.25, 0.3) is 0 Å². The molecule has 162 valence electrons. The Kier molecular flexibility index (Phi) is 6.83. The summed E-state index contributed by atoms with van der Waals surface area (Å²) in [4.78, 5) is 5.17. The van der Waals surface area contributed by atoms with Gasteiger partial charge < -0.3 is 9.47 Å². The van der Waals surface area contributed by atoms with Crippen molar-refractivity contribution in [1.82, 2.24) is 4.68 Å². The van der Waals surface area contributed by atoms with Crippen molar-refractivity contribution in [2.75, 3.05) is 13.2 Å². The highest BCUT2D eigenvalue weighted by atomic mass is 32.1. The molecule has 1 aromatic heterocycles. The first-order valence-electron chi connectivity index (χ1n) is 9.77. The van der Waals surface area contributed by atoms with E-state index in [0.717, 1.165) is 19.4 Å². The molecule has 0 amide bonds. The summed E-state index contributed by atoms with van der Waals surface area (Å²) in [5.74, 6) is -0.390. The molecule has 1 fully saturated rings. The van der Waals surface area contributed by atoms with Crippen LogP contribution in [0.25, 0.3) is 11.3 Å². The van der Waals surface area contributed by atoms with Crippen LogP contribution in [-0.2, 0) is 4.74 Å². The molecule has 0 N–H and O–H groups in total. The summed E-state index contributed by atoms with van der Waals surface area (Å²) in [5.41, 5.74) is 1.25. The third kappa shape index (κ3) is 5.23. The fourth-order valence-electron chi connectivity index (χ4n) is 3.25. The molecule has 0 unspecified atom stereocenters. The summed E-state index contributed by atoms with van der Waals surface area (Å²) in [6, 6.07) is 12.7. The third-order valence-corrected chi connectivity index (χ3v) is 5.59. The highest BCUT2D eigenvalue weighted by Gasteiger charge is 2.16. The second kappa shape index (κ2) is 9.93. The van der Waals surface area contributed by atoms with E-state index in [4.69, 9.17) is 4.74 Å². The van der Waals surface area contributed by atoms with Crippen molar-refractivity contribution in [3.05, 3.63) is 70.1 Å². The van der Waals surface area contributed by atoms with Gasteiger partial charge in [0.15, 0.2) is 0 Å². The van der Waals surface area contributed by atoms with Crippen LogP contribution < -0.4 is 9.54 Å². The van der Waals surface area contributed by atoms with Gasteiger partial charge in [-0.2, -0.15) is 13.9 Å². The number of para-hydroxylation sites is 1. The van der Waals surface area contributed by atoms with E-state index in [1.807, 2.05) is 0 Å². The average molecular weight is 447 g/mol. The summed E-state index contributed by atoms with van der Waals surface area (Å²) in [5, 5.41) is 6.21. The van der Waals surface area contributed by atoms with Crippen molar-refractivity contribution < 1.29 is 22.6 Å². The quantitative estimate of drug-likeness (QED) is 0.483. The van der Waals surface area contributed by atoms with Crippen molar-refractivity contribution in [3.8, 4) is 17.0 Å². The van der Waals surface area contributed by atoms with Crippen LogP contribution in [0.15, 0.2) is 64.0 Å². The van der Waals surface area contributed by atoms with Crippen LogP contribution in [0.1, 0.15) is 18.4 Å². The van der Waals surface area contributed by atoms with Crippen molar-refractivity contribution in [2.45, 2.75) is 25.6 Å². The highest BCUT2D eigenvalue weighted by molar-refractivity contribution is 7.07. The largest absolute Gasteiger partial charge is 0.434 e. The fraction of sp³-hybridized carbons (Fsp3) is 0.273. The fourth-order valence-corrected chi connectivity index (χ4v) is 4.09. The van der Waals surface area contributed by atoms with Gasteiger partial charge in [-0.05, 0) is 37.1 Å². The standard InChI is InChI=1S/C22H20F3N3O2S/c23-18-9-3-2-8-17(18)19-14-31-22(26-13-16-7-5-11-29-16)28(19)27-12-15-6-1-4-10-20(15)30-21(24)25/h1-4,6,8-10,12,14,16,21H,5,7,11,13H2/b26-22?,27-12-/t16-/m1/s1. The van der Waals surface area contributed by atoms with Crippen LogP contribution in [0.4, 0.5) is 13.2 Å². The number of hydrogen-bond donors (Lipinski definition) is 0. The number of ether oxygens (including phenoxy) is 2. The molecular weight excluding hydrogens is 427 g/mol. The Balaban J connectivity index is 1.74. The molecule has 0 aliphatic carbocycles. The first-order chi connectivity index (χ1) is 15.1. The average Bonchev–Trinajstić information content (AvgIpc) is 3.41. The van der Waals surface area contributed by atoms with Crippen LogP contribution in [0.2, 0.25) is 0 Å². The van der Waals surface area contributed by atoms with Crippen LogP contribution in [0, 0.1) is 5.82 Å². The first-order valence-corrected chi connectivity index (χ1v) is 10.7. The lowest BCUT2D eigenvalue weighted by Gasteiger charge is -2.08. The topological polar surface area (TPSA) is 48.1 Å². The SMILES string of the molecule is Fc1ccccc1-c1csc(=NC[C@H]2CCCO2)n1/N=C\c1ccccc1OC(F)F. The number of alkyl halides is 2. The lowest BCUT2D eigenvalue weighted by Crippen LogP contribution is -2.17. The predicted octanol–water partition coefficient (Wildman–Crippen LogP) is 4.92. The zero-order valence-corrected chi connectivity index (χ0v) is 17.3. The van der Waals surface area contributed by atoms with E-state index >= 15 is 0 Å². The molecule has 2 aromatic carbocycles. The minimum atomic E-state index is -2.95. The number of hydrogen-bond acceptors (Lipinski definition) is 5. The van der Waals surface area contributed by atoms with Gasteiger partial charge in [0, 0.05) is 23.1 Å². The Hall–Kier alpha value is -2.91. The molecule has 5 nitrogen and oxygen atoms in total. The van der Waals surface area contributed by atoms with Gasteiger partial charge in [-0.1, -0.05) is 24.3 Å². The predicted molar refractivity (Wildman–Crippen MR) is 113 cm³/mol. The number of rotatable bonds is 7. The highest BCUT2D eigenvalue weighted by Crippen LogP contribution is 2.24. The van der Waals surface area contributed by atoms with Gasteiger partial charge in [0.05, 0.1) is 24.6 Å².